The molecule has 3 rings (SSSR count). The number of benzene rings is 3. The van der Waals surface area contributed by atoms with Crippen LogP contribution in [-0.4, -0.2) is 12.4 Å². The molecule has 3 heteroatoms. The Morgan fingerprint density at radius 3 is 2.17 bits per heavy atom. The molecular formula is C26H27FN2. The zero-order valence-corrected chi connectivity index (χ0v) is 17.1. The van der Waals surface area contributed by atoms with Crippen LogP contribution in [-0.2, 0) is 6.42 Å². The van der Waals surface area contributed by atoms with Gasteiger partial charge in [0.2, 0.25) is 0 Å². The first-order valence-corrected chi connectivity index (χ1v) is 9.86. The number of hydrogen-bond acceptors (Lipinski definition) is 1. The lowest BCUT2D eigenvalue weighted by Gasteiger charge is -2.08. The lowest BCUT2D eigenvalue weighted by atomic mass is 9.98. The first kappa shape index (κ1) is 20.5. The third kappa shape index (κ3) is 5.41. The van der Waals surface area contributed by atoms with Crippen molar-refractivity contribution < 1.29 is 4.39 Å². The van der Waals surface area contributed by atoms with Crippen LogP contribution in [0.4, 0.5) is 4.39 Å². The molecule has 0 fully saturated rings. The molecule has 0 aromatic heterocycles. The quantitative estimate of drug-likeness (QED) is 0.287. The van der Waals surface area contributed by atoms with Gasteiger partial charge in [-0.1, -0.05) is 72.8 Å². The van der Waals surface area contributed by atoms with E-state index in [0.29, 0.717) is 17.9 Å². The molecule has 0 aliphatic rings. The van der Waals surface area contributed by atoms with Crippen LogP contribution >= 0.6 is 0 Å². The van der Waals surface area contributed by atoms with E-state index < -0.39 is 0 Å². The molecule has 0 unspecified atom stereocenters. The highest BCUT2D eigenvalue weighted by atomic mass is 19.1. The molecular weight excluding hydrogens is 359 g/mol. The SMILES string of the molecule is C=C(C)C(N)=NCCCc1ccc(-c2ccc(-c3ccc(C)cc3)c(F)c2)cc1. The maximum atomic E-state index is 14.7. The summed E-state index contributed by atoms with van der Waals surface area (Å²) in [6, 6.07) is 21.6. The van der Waals surface area contributed by atoms with Gasteiger partial charge >= 0.3 is 0 Å². The molecule has 0 spiro atoms. The number of aliphatic imine (C=N–C) groups is 1. The molecule has 2 N–H and O–H groups in total. The minimum atomic E-state index is -0.205. The van der Waals surface area contributed by atoms with Crippen LogP contribution in [0, 0.1) is 12.7 Å². The molecule has 148 valence electrons. The third-order valence-electron chi connectivity index (χ3n) is 4.96. The Bertz CT molecular complexity index is 1020. The molecule has 0 aliphatic heterocycles. The average molecular weight is 387 g/mol. The Hall–Kier alpha value is -3.20. The normalized spacial score (nSPS) is 11.5. The smallest absolute Gasteiger partial charge is 0.131 e. The highest BCUT2D eigenvalue weighted by molar-refractivity contribution is 5.95. The van der Waals surface area contributed by atoms with E-state index in [9.17, 15) is 4.39 Å². The maximum absolute atomic E-state index is 14.7. The zero-order chi connectivity index (χ0) is 20.8. The van der Waals surface area contributed by atoms with Crippen molar-refractivity contribution in [2.75, 3.05) is 6.54 Å². The van der Waals surface area contributed by atoms with E-state index in [1.807, 2.05) is 62.4 Å². The summed E-state index contributed by atoms with van der Waals surface area (Å²) in [7, 11) is 0. The van der Waals surface area contributed by atoms with Crippen LogP contribution in [0.2, 0.25) is 0 Å². The van der Waals surface area contributed by atoms with Crippen LogP contribution in [0.3, 0.4) is 0 Å². The van der Waals surface area contributed by atoms with Crippen molar-refractivity contribution >= 4 is 5.84 Å². The highest BCUT2D eigenvalue weighted by Crippen LogP contribution is 2.28. The maximum Gasteiger partial charge on any atom is 0.131 e. The monoisotopic (exact) mass is 386 g/mol. The van der Waals surface area contributed by atoms with E-state index in [4.69, 9.17) is 5.73 Å². The minimum absolute atomic E-state index is 0.205. The van der Waals surface area contributed by atoms with E-state index in [1.165, 1.54) is 5.56 Å². The fraction of sp³-hybridized carbons (Fsp3) is 0.192. The molecule has 0 bridgehead atoms. The molecule has 0 atom stereocenters. The number of hydrogen-bond donors (Lipinski definition) is 1. The summed E-state index contributed by atoms with van der Waals surface area (Å²) in [5, 5.41) is 0. The van der Waals surface area contributed by atoms with E-state index in [-0.39, 0.29) is 5.82 Å². The van der Waals surface area contributed by atoms with Crippen molar-refractivity contribution in [2.45, 2.75) is 26.7 Å². The molecule has 0 saturated heterocycles. The van der Waals surface area contributed by atoms with Crippen molar-refractivity contribution in [3.8, 4) is 22.3 Å². The van der Waals surface area contributed by atoms with Gasteiger partial charge in [0.25, 0.3) is 0 Å². The fourth-order valence-corrected chi connectivity index (χ4v) is 3.14. The van der Waals surface area contributed by atoms with Crippen LogP contribution in [0.25, 0.3) is 22.3 Å². The van der Waals surface area contributed by atoms with Gasteiger partial charge in [-0.15, -0.1) is 0 Å². The Labute approximate surface area is 172 Å². The second kappa shape index (κ2) is 9.33. The van der Waals surface area contributed by atoms with Crippen molar-refractivity contribution in [2.24, 2.45) is 10.7 Å². The van der Waals surface area contributed by atoms with Gasteiger partial charge in [-0.05, 0) is 60.6 Å². The number of nitrogens with zero attached hydrogens (tertiary/aromatic N) is 1. The first-order valence-electron chi connectivity index (χ1n) is 9.86. The lowest BCUT2D eigenvalue weighted by molar-refractivity contribution is 0.632. The topological polar surface area (TPSA) is 38.4 Å². The second-order valence-corrected chi connectivity index (χ2v) is 7.41. The summed E-state index contributed by atoms with van der Waals surface area (Å²) in [6.07, 6.45) is 1.85. The van der Waals surface area contributed by atoms with Crippen LogP contribution in [0.1, 0.15) is 24.5 Å². The predicted octanol–water partition coefficient (Wildman–Crippen LogP) is 6.33. The summed E-state index contributed by atoms with van der Waals surface area (Å²) in [5.74, 6) is 0.319. The Morgan fingerprint density at radius 2 is 1.55 bits per heavy atom. The van der Waals surface area contributed by atoms with Gasteiger partial charge in [0, 0.05) is 12.1 Å². The molecule has 0 saturated carbocycles. The highest BCUT2D eigenvalue weighted by Gasteiger charge is 2.07. The minimum Gasteiger partial charge on any atom is -0.384 e. The second-order valence-electron chi connectivity index (χ2n) is 7.41. The molecule has 0 radical (unpaired) electrons. The first-order chi connectivity index (χ1) is 13.9. The predicted molar refractivity (Wildman–Crippen MR) is 122 cm³/mol. The Morgan fingerprint density at radius 1 is 0.931 bits per heavy atom. The standard InChI is InChI=1S/C26H27FN2/c1-18(2)26(28)29-16-4-5-20-8-12-21(13-9-20)23-14-15-24(25(27)17-23)22-10-6-19(3)7-11-22/h6-15,17H,1,4-5,16H2,2-3H3,(H2,28,29). The molecule has 3 aromatic rings. The zero-order valence-electron chi connectivity index (χ0n) is 17.1. The van der Waals surface area contributed by atoms with Crippen molar-refractivity contribution in [1.29, 1.82) is 0 Å². The number of amidine groups is 1. The number of aryl methyl sites for hydroxylation is 2. The lowest BCUT2D eigenvalue weighted by Crippen LogP contribution is -2.12. The van der Waals surface area contributed by atoms with Gasteiger partial charge < -0.3 is 5.73 Å². The third-order valence-corrected chi connectivity index (χ3v) is 4.96. The summed E-state index contributed by atoms with van der Waals surface area (Å²) >= 11 is 0. The van der Waals surface area contributed by atoms with Crippen molar-refractivity contribution in [1.82, 2.24) is 0 Å². The molecule has 29 heavy (non-hydrogen) atoms. The largest absolute Gasteiger partial charge is 0.384 e. The molecule has 0 amide bonds. The summed E-state index contributed by atoms with van der Waals surface area (Å²) < 4.78 is 14.7. The molecule has 0 heterocycles. The van der Waals surface area contributed by atoms with Gasteiger partial charge in [-0.3, -0.25) is 4.99 Å². The van der Waals surface area contributed by atoms with E-state index in [2.05, 4.69) is 23.7 Å². The van der Waals surface area contributed by atoms with E-state index in [0.717, 1.165) is 40.7 Å². The number of halogens is 1. The molecule has 0 aliphatic carbocycles. The molecule has 3 aromatic carbocycles. The number of nitrogens with two attached hydrogens (primary N) is 1. The Balaban J connectivity index is 1.67. The Kier molecular flexibility index (Phi) is 6.61. The fourth-order valence-electron chi connectivity index (χ4n) is 3.14. The average Bonchev–Trinajstić information content (AvgIpc) is 2.72. The van der Waals surface area contributed by atoms with Crippen LogP contribution < -0.4 is 5.73 Å². The van der Waals surface area contributed by atoms with E-state index in [1.54, 1.807) is 6.07 Å². The van der Waals surface area contributed by atoms with Crippen LogP contribution in [0.5, 0.6) is 0 Å². The van der Waals surface area contributed by atoms with Gasteiger partial charge in [0.15, 0.2) is 0 Å². The van der Waals surface area contributed by atoms with Crippen LogP contribution in [0.15, 0.2) is 83.9 Å². The van der Waals surface area contributed by atoms with E-state index >= 15 is 0 Å². The molecule has 2 nitrogen and oxygen atoms in total. The van der Waals surface area contributed by atoms with Crippen molar-refractivity contribution in [3.05, 3.63) is 95.8 Å². The van der Waals surface area contributed by atoms with Crippen molar-refractivity contribution in [3.63, 3.8) is 0 Å². The summed E-state index contributed by atoms with van der Waals surface area (Å²) in [6.45, 7) is 8.35. The van der Waals surface area contributed by atoms with Gasteiger partial charge in [0.05, 0.1) is 0 Å². The van der Waals surface area contributed by atoms with Gasteiger partial charge in [0.1, 0.15) is 11.7 Å². The summed E-state index contributed by atoms with van der Waals surface area (Å²) in [5.41, 5.74) is 12.4. The van der Waals surface area contributed by atoms with Gasteiger partial charge in [-0.25, -0.2) is 4.39 Å². The number of rotatable bonds is 7. The van der Waals surface area contributed by atoms with Gasteiger partial charge in [-0.2, -0.15) is 0 Å². The summed E-state index contributed by atoms with van der Waals surface area (Å²) in [4.78, 5) is 4.30.